The average molecular weight is 405 g/mol. The van der Waals surface area contributed by atoms with Crippen molar-refractivity contribution < 1.29 is 24.0 Å². The molecule has 1 N–H and O–H groups in total. The number of amides is 5. The van der Waals surface area contributed by atoms with E-state index in [0.717, 1.165) is 0 Å². The molecule has 0 atom stereocenters. The van der Waals surface area contributed by atoms with Crippen molar-refractivity contribution in [2.24, 2.45) is 5.92 Å². The summed E-state index contributed by atoms with van der Waals surface area (Å²) in [7, 11) is 0. The number of hydrogen-bond donors (Lipinski definition) is 1. The number of imide groups is 2. The zero-order valence-corrected chi connectivity index (χ0v) is 16.5. The Morgan fingerprint density at radius 1 is 0.833 bits per heavy atom. The Morgan fingerprint density at radius 2 is 1.40 bits per heavy atom. The molecule has 0 radical (unpaired) electrons. The van der Waals surface area contributed by atoms with E-state index < -0.39 is 23.6 Å². The Balaban J connectivity index is 1.54. The van der Waals surface area contributed by atoms with Crippen LogP contribution in [0.15, 0.2) is 42.5 Å². The predicted molar refractivity (Wildman–Crippen MR) is 106 cm³/mol. The van der Waals surface area contributed by atoms with Crippen LogP contribution in [0.4, 0.5) is 0 Å². The van der Waals surface area contributed by atoms with Crippen LogP contribution in [0.25, 0.3) is 0 Å². The van der Waals surface area contributed by atoms with Gasteiger partial charge in [-0.25, -0.2) is 0 Å². The quantitative estimate of drug-likeness (QED) is 0.769. The third-order valence-corrected chi connectivity index (χ3v) is 5.17. The molecule has 0 saturated carbocycles. The van der Waals surface area contributed by atoms with Gasteiger partial charge in [0.05, 0.1) is 22.3 Å². The van der Waals surface area contributed by atoms with Gasteiger partial charge in [-0.05, 0) is 42.7 Å². The lowest BCUT2D eigenvalue weighted by molar-refractivity contribution is 0.0517. The Labute approximate surface area is 172 Å². The highest BCUT2D eigenvalue weighted by molar-refractivity contribution is 6.23. The Kier molecular flexibility index (Phi) is 4.69. The lowest BCUT2D eigenvalue weighted by Crippen LogP contribution is -2.45. The van der Waals surface area contributed by atoms with Crippen LogP contribution >= 0.6 is 0 Å². The molecule has 8 nitrogen and oxygen atoms in total. The highest BCUT2D eigenvalue weighted by Crippen LogP contribution is 2.25. The van der Waals surface area contributed by atoms with Gasteiger partial charge >= 0.3 is 0 Å². The van der Waals surface area contributed by atoms with Crippen LogP contribution in [-0.4, -0.2) is 46.0 Å². The zero-order chi connectivity index (χ0) is 21.6. The van der Waals surface area contributed by atoms with E-state index >= 15 is 0 Å². The third kappa shape index (κ3) is 3.06. The minimum absolute atomic E-state index is 0.0668. The fraction of sp³-hybridized carbons (Fsp3) is 0.227. The van der Waals surface area contributed by atoms with Crippen molar-refractivity contribution in [1.29, 1.82) is 0 Å². The number of carbonyl (C=O) groups is 5. The molecule has 0 unspecified atom stereocenters. The van der Waals surface area contributed by atoms with Crippen LogP contribution in [0.5, 0.6) is 0 Å². The van der Waals surface area contributed by atoms with Gasteiger partial charge in [0.2, 0.25) is 0 Å². The topological polar surface area (TPSA) is 104 Å². The van der Waals surface area contributed by atoms with Crippen molar-refractivity contribution in [3.05, 3.63) is 70.3 Å². The summed E-state index contributed by atoms with van der Waals surface area (Å²) in [6, 6.07) is 10.4. The van der Waals surface area contributed by atoms with Crippen LogP contribution in [-0.2, 0) is 0 Å². The molecule has 30 heavy (non-hydrogen) atoms. The zero-order valence-electron chi connectivity index (χ0n) is 16.5. The van der Waals surface area contributed by atoms with Crippen molar-refractivity contribution in [2.75, 3.05) is 6.54 Å². The van der Waals surface area contributed by atoms with Gasteiger partial charge < -0.3 is 0 Å². The molecule has 0 saturated heterocycles. The third-order valence-electron chi connectivity index (χ3n) is 5.17. The summed E-state index contributed by atoms with van der Waals surface area (Å²) < 4.78 is 0. The fourth-order valence-electron chi connectivity index (χ4n) is 3.48. The van der Waals surface area contributed by atoms with Gasteiger partial charge in [-0.15, -0.1) is 0 Å². The largest absolute Gasteiger partial charge is 0.280 e. The van der Waals surface area contributed by atoms with Gasteiger partial charge in [-0.3, -0.25) is 34.3 Å². The maximum Gasteiger partial charge on any atom is 0.280 e. The molecule has 0 fully saturated rings. The van der Waals surface area contributed by atoms with Crippen molar-refractivity contribution in [1.82, 2.24) is 15.3 Å². The SMILES string of the molecule is CC(C)CCN1C(=O)c2ccc(C(=O)NN3C(=O)c4ccccc4C3=O)cc2C1=O. The second-order valence-electron chi connectivity index (χ2n) is 7.64. The van der Waals surface area contributed by atoms with Gasteiger partial charge in [0.1, 0.15) is 0 Å². The number of hydrazine groups is 1. The smallest absolute Gasteiger partial charge is 0.274 e. The fourth-order valence-corrected chi connectivity index (χ4v) is 3.48. The minimum atomic E-state index is -0.729. The lowest BCUT2D eigenvalue weighted by atomic mass is 10.1. The number of hydrogen-bond acceptors (Lipinski definition) is 5. The minimum Gasteiger partial charge on any atom is -0.274 e. The molecule has 2 aromatic rings. The standard InChI is InChI=1S/C22H19N3O5/c1-12(2)9-10-24-19(27)16-8-7-13(11-17(16)20(24)28)18(26)23-25-21(29)14-5-3-4-6-15(14)22(25)30/h3-8,11-12H,9-10H2,1-2H3,(H,23,26). The normalized spacial score (nSPS) is 15.2. The van der Waals surface area contributed by atoms with E-state index in [1.165, 1.54) is 35.2 Å². The molecule has 2 aliphatic heterocycles. The maximum absolute atomic E-state index is 12.7. The molecular weight excluding hydrogens is 386 g/mol. The monoisotopic (exact) mass is 405 g/mol. The molecule has 0 bridgehead atoms. The van der Waals surface area contributed by atoms with Gasteiger partial charge in [-0.1, -0.05) is 26.0 Å². The summed E-state index contributed by atoms with van der Waals surface area (Å²) in [4.78, 5) is 63.8. The summed E-state index contributed by atoms with van der Waals surface area (Å²) in [5, 5.41) is 0.655. The Morgan fingerprint density at radius 3 is 2.00 bits per heavy atom. The maximum atomic E-state index is 12.7. The van der Waals surface area contributed by atoms with Gasteiger partial charge in [0.15, 0.2) is 0 Å². The van der Waals surface area contributed by atoms with Gasteiger partial charge in [0.25, 0.3) is 29.5 Å². The van der Waals surface area contributed by atoms with E-state index in [2.05, 4.69) is 5.43 Å². The van der Waals surface area contributed by atoms with E-state index in [0.29, 0.717) is 23.9 Å². The highest BCUT2D eigenvalue weighted by Gasteiger charge is 2.38. The molecule has 0 aliphatic carbocycles. The van der Waals surface area contributed by atoms with Crippen LogP contribution in [0.1, 0.15) is 72.1 Å². The molecule has 4 rings (SSSR count). The molecule has 8 heteroatoms. The number of rotatable bonds is 5. The first-order valence-electron chi connectivity index (χ1n) is 9.58. The van der Waals surface area contributed by atoms with E-state index in [-0.39, 0.29) is 33.7 Å². The number of fused-ring (bicyclic) bond motifs is 2. The highest BCUT2D eigenvalue weighted by atomic mass is 16.2. The van der Waals surface area contributed by atoms with Gasteiger partial charge in [-0.2, -0.15) is 5.01 Å². The van der Waals surface area contributed by atoms with Crippen LogP contribution in [0.3, 0.4) is 0 Å². The molecule has 0 aromatic heterocycles. The summed E-state index contributed by atoms with van der Waals surface area (Å²) in [6.07, 6.45) is 0.679. The molecule has 5 amide bonds. The average Bonchev–Trinajstić information content (AvgIpc) is 3.12. The first-order chi connectivity index (χ1) is 14.3. The number of benzene rings is 2. The second-order valence-corrected chi connectivity index (χ2v) is 7.64. The molecular formula is C22H19N3O5. The number of carbonyl (C=O) groups excluding carboxylic acids is 5. The van der Waals surface area contributed by atoms with Crippen molar-refractivity contribution in [3.8, 4) is 0 Å². The number of nitrogens with one attached hydrogen (secondary N) is 1. The molecule has 0 spiro atoms. The lowest BCUT2D eigenvalue weighted by Gasteiger charge is -2.15. The van der Waals surface area contributed by atoms with Crippen LogP contribution in [0.2, 0.25) is 0 Å². The van der Waals surface area contributed by atoms with Crippen LogP contribution < -0.4 is 5.43 Å². The summed E-state index contributed by atoms with van der Waals surface area (Å²) >= 11 is 0. The number of nitrogens with zero attached hydrogens (tertiary/aromatic N) is 2. The van der Waals surface area contributed by atoms with E-state index in [1.54, 1.807) is 12.1 Å². The van der Waals surface area contributed by atoms with E-state index in [1.807, 2.05) is 13.8 Å². The van der Waals surface area contributed by atoms with Crippen molar-refractivity contribution in [2.45, 2.75) is 20.3 Å². The molecule has 2 heterocycles. The van der Waals surface area contributed by atoms with E-state index in [4.69, 9.17) is 0 Å². The van der Waals surface area contributed by atoms with Crippen molar-refractivity contribution >= 4 is 29.5 Å². The summed E-state index contributed by atoms with van der Waals surface area (Å²) in [5.74, 6) is -2.50. The summed E-state index contributed by atoms with van der Waals surface area (Å²) in [5.41, 5.74) is 3.15. The second kappa shape index (κ2) is 7.22. The van der Waals surface area contributed by atoms with Gasteiger partial charge in [0, 0.05) is 12.1 Å². The summed E-state index contributed by atoms with van der Waals surface area (Å²) in [6.45, 7) is 4.31. The van der Waals surface area contributed by atoms with Crippen LogP contribution in [0, 0.1) is 5.92 Å². The van der Waals surface area contributed by atoms with E-state index in [9.17, 15) is 24.0 Å². The Bertz CT molecular complexity index is 1090. The first kappa shape index (κ1) is 19.5. The first-order valence-corrected chi connectivity index (χ1v) is 9.58. The predicted octanol–water partition coefficient (Wildman–Crippen LogP) is 2.27. The molecule has 2 aliphatic rings. The molecule has 152 valence electrons. The van der Waals surface area contributed by atoms with Crippen molar-refractivity contribution in [3.63, 3.8) is 0 Å². The Hall–Kier alpha value is -3.81. The molecule has 2 aromatic carbocycles.